The van der Waals surface area contributed by atoms with Crippen LogP contribution < -0.4 is 15.0 Å². The van der Waals surface area contributed by atoms with Gasteiger partial charge < -0.3 is 19.5 Å². The van der Waals surface area contributed by atoms with Crippen LogP contribution in [0.3, 0.4) is 0 Å². The van der Waals surface area contributed by atoms with Gasteiger partial charge >= 0.3 is 0 Å². The van der Waals surface area contributed by atoms with E-state index < -0.39 is 0 Å². The minimum Gasteiger partial charge on any atom is -0.497 e. The van der Waals surface area contributed by atoms with Crippen molar-refractivity contribution in [1.82, 2.24) is 14.9 Å². The lowest BCUT2D eigenvalue weighted by Crippen LogP contribution is -2.29. The highest BCUT2D eigenvalue weighted by Crippen LogP contribution is 2.44. The maximum atomic E-state index is 13.6. The highest BCUT2D eigenvalue weighted by Gasteiger charge is 2.42. The number of rotatable bonds is 5. The molecule has 1 aliphatic heterocycles. The summed E-state index contributed by atoms with van der Waals surface area (Å²) in [5, 5.41) is 4.13. The van der Waals surface area contributed by atoms with Crippen molar-refractivity contribution in [3.05, 3.63) is 107 Å². The van der Waals surface area contributed by atoms with E-state index in [4.69, 9.17) is 17.0 Å². The normalized spacial score (nSPS) is 17.6. The van der Waals surface area contributed by atoms with E-state index in [-0.39, 0.29) is 17.9 Å². The molecule has 0 unspecified atom stereocenters. The molecule has 0 saturated carbocycles. The lowest BCUT2D eigenvalue weighted by Gasteiger charge is -2.28. The summed E-state index contributed by atoms with van der Waals surface area (Å²) in [6, 6.07) is 22.3. The van der Waals surface area contributed by atoms with Gasteiger partial charge in [0, 0.05) is 35.0 Å². The molecule has 0 spiro atoms. The van der Waals surface area contributed by atoms with Crippen LogP contribution in [0, 0.1) is 19.7 Å². The molecule has 1 saturated heterocycles. The SMILES string of the molecule is COc1cccc(N2C(=S)N[C@@H](c3ccccn3)[C@@H]2c2cc(C)n(-c3ccc(F)cc3)c2C)c1. The van der Waals surface area contributed by atoms with Gasteiger partial charge in [0.1, 0.15) is 11.6 Å². The molecule has 5 rings (SSSR count). The molecule has 2 aromatic carbocycles. The summed E-state index contributed by atoms with van der Waals surface area (Å²) in [7, 11) is 1.66. The molecule has 3 heterocycles. The number of hydrogen-bond donors (Lipinski definition) is 1. The third-order valence-corrected chi connectivity index (χ3v) is 6.62. The molecule has 34 heavy (non-hydrogen) atoms. The van der Waals surface area contributed by atoms with Crippen LogP contribution in [0.5, 0.6) is 5.75 Å². The summed E-state index contributed by atoms with van der Waals surface area (Å²) in [5.41, 5.74) is 6.00. The zero-order valence-electron chi connectivity index (χ0n) is 19.2. The predicted molar refractivity (Wildman–Crippen MR) is 136 cm³/mol. The molecule has 5 nitrogen and oxygen atoms in total. The smallest absolute Gasteiger partial charge is 0.174 e. The molecule has 2 aromatic heterocycles. The van der Waals surface area contributed by atoms with Crippen LogP contribution >= 0.6 is 12.2 Å². The fourth-order valence-corrected chi connectivity index (χ4v) is 5.13. The van der Waals surface area contributed by atoms with E-state index in [9.17, 15) is 4.39 Å². The minimum absolute atomic E-state index is 0.144. The van der Waals surface area contributed by atoms with Gasteiger partial charge in [0.25, 0.3) is 0 Å². The summed E-state index contributed by atoms with van der Waals surface area (Å²) in [6.45, 7) is 4.15. The minimum atomic E-state index is -0.254. The molecule has 4 aromatic rings. The van der Waals surface area contributed by atoms with E-state index in [0.29, 0.717) is 5.11 Å². The van der Waals surface area contributed by atoms with Crippen molar-refractivity contribution in [2.75, 3.05) is 12.0 Å². The van der Waals surface area contributed by atoms with E-state index in [1.54, 1.807) is 25.4 Å². The van der Waals surface area contributed by atoms with Crippen LogP contribution in [-0.2, 0) is 0 Å². The fraction of sp³-hybridized carbons (Fsp3) is 0.185. The first kappa shape index (κ1) is 22.1. The third-order valence-electron chi connectivity index (χ3n) is 6.30. The number of pyridine rings is 1. The lowest BCUT2D eigenvalue weighted by molar-refractivity contribution is 0.415. The number of thiocarbonyl (C=S) groups is 1. The Bertz CT molecular complexity index is 1340. The summed E-state index contributed by atoms with van der Waals surface area (Å²) < 4.78 is 21.2. The van der Waals surface area contributed by atoms with Gasteiger partial charge in [-0.1, -0.05) is 12.1 Å². The first-order valence-electron chi connectivity index (χ1n) is 11.1. The Morgan fingerprint density at radius 3 is 2.47 bits per heavy atom. The first-order chi connectivity index (χ1) is 16.5. The predicted octanol–water partition coefficient (Wildman–Crippen LogP) is 5.81. The maximum absolute atomic E-state index is 13.6. The number of nitrogens with one attached hydrogen (secondary N) is 1. The molecule has 0 radical (unpaired) electrons. The molecular weight excluding hydrogens is 447 g/mol. The van der Waals surface area contributed by atoms with E-state index in [1.165, 1.54) is 12.1 Å². The van der Waals surface area contributed by atoms with Crippen molar-refractivity contribution in [3.8, 4) is 11.4 Å². The van der Waals surface area contributed by atoms with Crippen LogP contribution in [-0.4, -0.2) is 21.8 Å². The third kappa shape index (κ3) is 3.82. The number of nitrogens with zero attached hydrogens (tertiary/aromatic N) is 3. The van der Waals surface area contributed by atoms with Crippen LogP contribution in [0.25, 0.3) is 5.69 Å². The van der Waals surface area contributed by atoms with Gasteiger partial charge in [0.15, 0.2) is 5.11 Å². The van der Waals surface area contributed by atoms with Gasteiger partial charge in [-0.15, -0.1) is 0 Å². The summed E-state index contributed by atoms with van der Waals surface area (Å²) in [4.78, 5) is 6.77. The van der Waals surface area contributed by atoms with E-state index in [0.717, 1.165) is 39.8 Å². The van der Waals surface area contributed by atoms with E-state index in [1.807, 2.05) is 42.5 Å². The summed E-state index contributed by atoms with van der Waals surface area (Å²) in [5.74, 6) is 0.508. The number of methoxy groups -OCH3 is 1. The van der Waals surface area contributed by atoms with Crippen LogP contribution in [0.15, 0.2) is 79.0 Å². The van der Waals surface area contributed by atoms with Crippen molar-refractivity contribution in [2.24, 2.45) is 0 Å². The molecule has 0 bridgehead atoms. The van der Waals surface area contributed by atoms with Gasteiger partial charge in [-0.2, -0.15) is 0 Å². The average Bonchev–Trinajstić information content (AvgIpc) is 3.35. The number of anilines is 1. The molecule has 1 aliphatic rings. The van der Waals surface area contributed by atoms with Gasteiger partial charge in [-0.05, 0) is 86.2 Å². The van der Waals surface area contributed by atoms with Crippen molar-refractivity contribution in [3.63, 3.8) is 0 Å². The molecule has 0 aliphatic carbocycles. The average molecular weight is 473 g/mol. The highest BCUT2D eigenvalue weighted by atomic mass is 32.1. The molecule has 1 fully saturated rings. The molecule has 2 atom stereocenters. The molecule has 1 N–H and O–H groups in total. The Morgan fingerprint density at radius 2 is 1.76 bits per heavy atom. The van der Waals surface area contributed by atoms with Gasteiger partial charge in [0.2, 0.25) is 0 Å². The summed E-state index contributed by atoms with van der Waals surface area (Å²) >= 11 is 5.84. The van der Waals surface area contributed by atoms with Crippen molar-refractivity contribution >= 4 is 23.0 Å². The highest BCUT2D eigenvalue weighted by molar-refractivity contribution is 7.80. The van der Waals surface area contributed by atoms with Crippen LogP contribution in [0.4, 0.5) is 10.1 Å². The Morgan fingerprint density at radius 1 is 0.971 bits per heavy atom. The van der Waals surface area contributed by atoms with Crippen molar-refractivity contribution in [2.45, 2.75) is 25.9 Å². The molecule has 172 valence electrons. The second kappa shape index (κ2) is 8.91. The number of halogens is 1. The molecular formula is C27H25FN4OS. The van der Waals surface area contributed by atoms with E-state index in [2.05, 4.69) is 39.7 Å². The first-order valence-corrected chi connectivity index (χ1v) is 11.5. The fourth-order valence-electron chi connectivity index (χ4n) is 4.78. The number of ether oxygens (including phenoxy) is 1. The largest absolute Gasteiger partial charge is 0.497 e. The zero-order valence-corrected chi connectivity index (χ0v) is 20.0. The Hall–Kier alpha value is -3.71. The van der Waals surface area contributed by atoms with Crippen molar-refractivity contribution in [1.29, 1.82) is 0 Å². The van der Waals surface area contributed by atoms with Gasteiger partial charge in [-0.25, -0.2) is 4.39 Å². The summed E-state index contributed by atoms with van der Waals surface area (Å²) in [6.07, 6.45) is 1.80. The number of benzene rings is 2. The Kier molecular flexibility index (Phi) is 5.79. The maximum Gasteiger partial charge on any atom is 0.174 e. The van der Waals surface area contributed by atoms with Crippen LogP contribution in [0.1, 0.15) is 34.7 Å². The Balaban J connectivity index is 1.68. The zero-order chi connectivity index (χ0) is 23.8. The number of hydrogen-bond acceptors (Lipinski definition) is 3. The monoisotopic (exact) mass is 472 g/mol. The molecule has 0 amide bonds. The Labute approximate surface area is 203 Å². The molecule has 7 heteroatoms. The van der Waals surface area contributed by atoms with Gasteiger partial charge in [-0.3, -0.25) is 4.98 Å². The second-order valence-electron chi connectivity index (χ2n) is 8.34. The second-order valence-corrected chi connectivity index (χ2v) is 8.72. The number of aryl methyl sites for hydroxylation is 1. The lowest BCUT2D eigenvalue weighted by atomic mass is 9.96. The van der Waals surface area contributed by atoms with Gasteiger partial charge in [0.05, 0.1) is 24.9 Å². The van der Waals surface area contributed by atoms with Crippen LogP contribution in [0.2, 0.25) is 0 Å². The standard InChI is InChI=1S/C27H25FN4OS/c1-17-15-23(18(2)31(17)20-12-10-19(28)11-13-20)26-25(24-9-4-5-14-29-24)30-27(34)32(26)21-7-6-8-22(16-21)33-3/h4-16,25-26H,1-3H3,(H,30,34)/t25-,26-/m0/s1. The quantitative estimate of drug-likeness (QED) is 0.371. The topological polar surface area (TPSA) is 42.3 Å². The number of aromatic nitrogens is 2. The van der Waals surface area contributed by atoms with E-state index >= 15 is 0 Å². The van der Waals surface area contributed by atoms with Crippen molar-refractivity contribution < 1.29 is 9.13 Å².